The first-order valence-electron chi connectivity index (χ1n) is 9.72. The number of nitrogens with zero attached hydrogens (tertiary/aromatic N) is 3. The van der Waals surface area contributed by atoms with Gasteiger partial charge in [0.1, 0.15) is 11.9 Å². The third kappa shape index (κ3) is 3.69. The second-order valence-electron chi connectivity index (χ2n) is 7.63. The van der Waals surface area contributed by atoms with E-state index in [9.17, 15) is 28.0 Å². The van der Waals surface area contributed by atoms with Gasteiger partial charge in [0, 0.05) is 36.9 Å². The van der Waals surface area contributed by atoms with Gasteiger partial charge in [-0.05, 0) is 60.4 Å². The lowest BCUT2D eigenvalue weighted by atomic mass is 9.90. The fourth-order valence-corrected chi connectivity index (χ4v) is 5.68. The summed E-state index contributed by atoms with van der Waals surface area (Å²) in [6.45, 7) is 0. The Morgan fingerprint density at radius 3 is 2.65 bits per heavy atom. The number of benzene rings is 1. The van der Waals surface area contributed by atoms with Gasteiger partial charge in [-0.1, -0.05) is 0 Å². The highest BCUT2D eigenvalue weighted by Crippen LogP contribution is 2.34. The number of aromatic nitrogens is 1. The summed E-state index contributed by atoms with van der Waals surface area (Å²) >= 11 is 0. The quantitative estimate of drug-likeness (QED) is 0.656. The monoisotopic (exact) mass is 441 g/mol. The van der Waals surface area contributed by atoms with Gasteiger partial charge in [0.25, 0.3) is 0 Å². The molecule has 9 heteroatoms. The van der Waals surface area contributed by atoms with E-state index in [1.165, 1.54) is 23.5 Å². The number of nitriles is 1. The zero-order valence-corrected chi connectivity index (χ0v) is 17.6. The molecule has 0 amide bonds. The van der Waals surface area contributed by atoms with Crippen LogP contribution >= 0.6 is 0 Å². The zero-order valence-electron chi connectivity index (χ0n) is 16.7. The summed E-state index contributed by atoms with van der Waals surface area (Å²) in [5.74, 6) is -1.46. The lowest BCUT2D eigenvalue weighted by Gasteiger charge is -2.31. The van der Waals surface area contributed by atoms with Crippen molar-refractivity contribution in [2.24, 2.45) is 0 Å². The molecule has 0 saturated heterocycles. The minimum absolute atomic E-state index is 0.0144. The second-order valence-corrected chi connectivity index (χ2v) is 9.63. The smallest absolute Gasteiger partial charge is 0.307 e. The Hall–Kier alpha value is -3.22. The van der Waals surface area contributed by atoms with Crippen LogP contribution in [-0.2, 0) is 34.1 Å². The molecule has 1 atom stereocenters. The van der Waals surface area contributed by atoms with Crippen LogP contribution in [0.4, 0.5) is 4.39 Å². The number of fused-ring (bicyclic) bond motifs is 3. The number of hydrogen-bond donors (Lipinski definition) is 1. The van der Waals surface area contributed by atoms with Crippen molar-refractivity contribution in [3.8, 4) is 6.07 Å². The first-order valence-corrected chi connectivity index (χ1v) is 11.2. The van der Waals surface area contributed by atoms with Gasteiger partial charge >= 0.3 is 5.97 Å². The largest absolute Gasteiger partial charge is 0.481 e. The molecule has 1 N–H and O–H groups in total. The molecule has 1 aliphatic carbocycles. The molecule has 0 fully saturated rings. The number of likely N-dealkylation sites (N-methyl/N-ethyl adjacent to an activating group) is 1. The van der Waals surface area contributed by atoms with Crippen LogP contribution in [0.25, 0.3) is 5.52 Å². The molecule has 4 rings (SSSR count). The van der Waals surface area contributed by atoms with Crippen LogP contribution in [0.5, 0.6) is 0 Å². The van der Waals surface area contributed by atoms with Crippen molar-refractivity contribution in [1.82, 2.24) is 8.71 Å². The first-order chi connectivity index (χ1) is 14.7. The SMILES string of the molecule is CN(C1CCc2c(CC(=O)O)c3ccc(C#N)cn3c2C1)S(=O)(=O)c1ccc(F)cc1. The molecular weight excluding hydrogens is 421 g/mol. The van der Waals surface area contributed by atoms with Crippen molar-refractivity contribution in [2.45, 2.75) is 36.6 Å². The standard InChI is InChI=1S/C22H20FN3O4S/c1-25(31(29,30)17-6-3-15(23)4-7-17)16-5-8-18-19(11-22(27)28)20-9-2-14(12-24)13-26(20)21(18)10-16/h2-4,6-7,9,13,16H,5,8,10-11H2,1H3,(H,27,28). The summed E-state index contributed by atoms with van der Waals surface area (Å²) in [5, 5.41) is 18.6. The Kier molecular flexibility index (Phi) is 5.29. The Balaban J connectivity index is 1.74. The molecule has 7 nitrogen and oxygen atoms in total. The molecule has 1 aliphatic rings. The highest BCUT2D eigenvalue weighted by Gasteiger charge is 2.34. The van der Waals surface area contributed by atoms with Crippen LogP contribution in [-0.4, -0.2) is 41.3 Å². The average Bonchev–Trinajstić information content (AvgIpc) is 3.05. The van der Waals surface area contributed by atoms with E-state index < -0.39 is 21.8 Å². The molecule has 0 spiro atoms. The van der Waals surface area contributed by atoms with E-state index in [1.807, 2.05) is 4.40 Å². The fraction of sp³-hybridized carbons (Fsp3) is 0.273. The molecule has 31 heavy (non-hydrogen) atoms. The van der Waals surface area contributed by atoms with Gasteiger partial charge in [-0.3, -0.25) is 4.79 Å². The molecule has 2 aromatic heterocycles. The lowest BCUT2D eigenvalue weighted by molar-refractivity contribution is -0.136. The number of aliphatic carboxylic acids is 1. The van der Waals surface area contributed by atoms with E-state index in [-0.39, 0.29) is 17.4 Å². The van der Waals surface area contributed by atoms with Crippen molar-refractivity contribution in [3.05, 3.63) is 70.8 Å². The van der Waals surface area contributed by atoms with E-state index >= 15 is 0 Å². The van der Waals surface area contributed by atoms with E-state index in [1.54, 1.807) is 18.3 Å². The Bertz CT molecular complexity index is 1320. The first kappa shape index (κ1) is 21.0. The van der Waals surface area contributed by atoms with Gasteiger partial charge in [0.15, 0.2) is 0 Å². The van der Waals surface area contributed by atoms with Crippen LogP contribution in [0.3, 0.4) is 0 Å². The lowest BCUT2D eigenvalue weighted by Crippen LogP contribution is -2.40. The summed E-state index contributed by atoms with van der Waals surface area (Å²) in [4.78, 5) is 11.4. The minimum Gasteiger partial charge on any atom is -0.481 e. The van der Waals surface area contributed by atoms with Crippen molar-refractivity contribution in [3.63, 3.8) is 0 Å². The summed E-state index contributed by atoms with van der Waals surface area (Å²) in [5.41, 5.74) is 3.58. The Morgan fingerprint density at radius 2 is 2.00 bits per heavy atom. The van der Waals surface area contributed by atoms with Crippen LogP contribution in [0, 0.1) is 17.1 Å². The predicted octanol–water partition coefficient (Wildman–Crippen LogP) is 2.76. The number of halogens is 1. The molecule has 2 heterocycles. The third-order valence-electron chi connectivity index (χ3n) is 5.88. The van der Waals surface area contributed by atoms with Crippen LogP contribution in [0.1, 0.15) is 28.8 Å². The highest BCUT2D eigenvalue weighted by atomic mass is 32.2. The molecule has 0 saturated carbocycles. The molecule has 3 aromatic rings. The number of carboxylic acids is 1. The molecule has 160 valence electrons. The normalized spacial score (nSPS) is 16.3. The average molecular weight is 441 g/mol. The maximum absolute atomic E-state index is 13.2. The molecule has 0 bridgehead atoms. The van der Waals surface area contributed by atoms with Gasteiger partial charge in [-0.15, -0.1) is 0 Å². The Morgan fingerprint density at radius 1 is 1.29 bits per heavy atom. The maximum atomic E-state index is 13.2. The number of carboxylic acid groups (broad SMARTS) is 1. The van der Waals surface area contributed by atoms with Gasteiger partial charge < -0.3 is 9.51 Å². The molecule has 1 unspecified atom stereocenters. The number of hydrogen-bond acceptors (Lipinski definition) is 4. The number of pyridine rings is 1. The van der Waals surface area contributed by atoms with Gasteiger partial charge in [-0.2, -0.15) is 9.57 Å². The van der Waals surface area contributed by atoms with Crippen molar-refractivity contribution in [1.29, 1.82) is 5.26 Å². The van der Waals surface area contributed by atoms with E-state index in [0.717, 1.165) is 28.9 Å². The summed E-state index contributed by atoms with van der Waals surface area (Å²) < 4.78 is 42.4. The van der Waals surface area contributed by atoms with Crippen LogP contribution in [0.2, 0.25) is 0 Å². The summed E-state index contributed by atoms with van der Waals surface area (Å²) in [6, 6.07) is 9.83. The van der Waals surface area contributed by atoms with E-state index in [2.05, 4.69) is 6.07 Å². The predicted molar refractivity (Wildman–Crippen MR) is 111 cm³/mol. The summed E-state index contributed by atoms with van der Waals surface area (Å²) in [6.07, 6.45) is 2.95. The minimum atomic E-state index is -3.83. The molecular formula is C22H20FN3O4S. The topological polar surface area (TPSA) is 103 Å². The van der Waals surface area contributed by atoms with Crippen molar-refractivity contribution < 1.29 is 22.7 Å². The van der Waals surface area contributed by atoms with E-state index in [4.69, 9.17) is 0 Å². The van der Waals surface area contributed by atoms with Gasteiger partial charge in [0.05, 0.1) is 16.9 Å². The van der Waals surface area contributed by atoms with E-state index in [0.29, 0.717) is 30.4 Å². The van der Waals surface area contributed by atoms with Crippen LogP contribution < -0.4 is 0 Å². The molecule has 0 aliphatic heterocycles. The molecule has 1 aromatic carbocycles. The van der Waals surface area contributed by atoms with Crippen molar-refractivity contribution in [2.75, 3.05) is 7.05 Å². The van der Waals surface area contributed by atoms with Gasteiger partial charge in [0.2, 0.25) is 10.0 Å². The second kappa shape index (κ2) is 7.80. The molecule has 0 radical (unpaired) electrons. The zero-order chi connectivity index (χ0) is 22.3. The maximum Gasteiger partial charge on any atom is 0.307 e. The highest BCUT2D eigenvalue weighted by molar-refractivity contribution is 7.89. The number of sulfonamides is 1. The van der Waals surface area contributed by atoms with Crippen molar-refractivity contribution >= 4 is 21.5 Å². The number of carbonyl (C=O) groups is 1. The Labute approximate surface area is 179 Å². The number of rotatable bonds is 5. The van der Waals surface area contributed by atoms with Gasteiger partial charge in [-0.25, -0.2) is 12.8 Å². The van der Waals surface area contributed by atoms with Crippen LogP contribution in [0.15, 0.2) is 47.5 Å². The summed E-state index contributed by atoms with van der Waals surface area (Å²) in [7, 11) is -2.32. The fourth-order valence-electron chi connectivity index (χ4n) is 4.29. The third-order valence-corrected chi connectivity index (χ3v) is 7.80.